The van der Waals surface area contributed by atoms with Crippen molar-refractivity contribution < 1.29 is 4.39 Å². The van der Waals surface area contributed by atoms with E-state index in [0.29, 0.717) is 18.2 Å². The molecule has 88 valence electrons. The van der Waals surface area contributed by atoms with Crippen molar-refractivity contribution in [3.63, 3.8) is 0 Å². The Morgan fingerprint density at radius 3 is 2.56 bits per heavy atom. The van der Waals surface area contributed by atoms with Gasteiger partial charge in [0, 0.05) is 18.2 Å². The van der Waals surface area contributed by atoms with Crippen LogP contribution in [0, 0.1) is 11.2 Å². The van der Waals surface area contributed by atoms with Gasteiger partial charge >= 0.3 is 0 Å². The van der Waals surface area contributed by atoms with Crippen molar-refractivity contribution in [3.8, 4) is 0 Å². The molecule has 0 saturated carbocycles. The zero-order chi connectivity index (χ0) is 12.3. The van der Waals surface area contributed by atoms with E-state index in [9.17, 15) is 4.39 Å². The lowest BCUT2D eigenvalue weighted by molar-refractivity contribution is 0.265. The average Bonchev–Trinajstić information content (AvgIpc) is 2.16. The number of nitrogen functional groups attached to an aromatic ring is 1. The minimum absolute atomic E-state index is 0.104. The Balaban J connectivity index is 2.92. The minimum atomic E-state index is -0.347. The Morgan fingerprint density at radius 2 is 2.06 bits per heavy atom. The Morgan fingerprint density at radius 1 is 1.44 bits per heavy atom. The van der Waals surface area contributed by atoms with Crippen molar-refractivity contribution in [2.75, 3.05) is 7.05 Å². The van der Waals surface area contributed by atoms with Gasteiger partial charge in [0.2, 0.25) is 0 Å². The lowest BCUT2D eigenvalue weighted by Gasteiger charge is -2.21. The fourth-order valence-corrected chi connectivity index (χ4v) is 1.37. The number of nitrogens with one attached hydrogen (secondary N) is 1. The van der Waals surface area contributed by atoms with E-state index >= 15 is 0 Å². The van der Waals surface area contributed by atoms with Crippen LogP contribution in [0.5, 0.6) is 0 Å². The summed E-state index contributed by atoms with van der Waals surface area (Å²) in [4.78, 5) is 2.10. The normalized spacial score (nSPS) is 11.1. The lowest BCUT2D eigenvalue weighted by Crippen LogP contribution is -2.25. The molecule has 0 bridgehead atoms. The Hall–Kier alpha value is -1.42. The molecule has 0 fully saturated rings. The molecule has 1 aromatic carbocycles. The number of rotatable bonds is 4. The second-order valence-electron chi connectivity index (χ2n) is 4.27. The highest BCUT2D eigenvalue weighted by Crippen LogP contribution is 2.12. The average molecular weight is 223 g/mol. The van der Waals surface area contributed by atoms with E-state index in [1.807, 2.05) is 7.05 Å². The number of nitrogens with two attached hydrogens (primary N) is 1. The van der Waals surface area contributed by atoms with Gasteiger partial charge in [0.15, 0.2) is 0 Å². The van der Waals surface area contributed by atoms with Crippen LogP contribution in [0.3, 0.4) is 0 Å². The number of benzene rings is 1. The van der Waals surface area contributed by atoms with E-state index in [-0.39, 0.29) is 11.7 Å². The molecule has 4 heteroatoms. The molecule has 0 spiro atoms. The fourth-order valence-electron chi connectivity index (χ4n) is 1.37. The van der Waals surface area contributed by atoms with Gasteiger partial charge in [-0.25, -0.2) is 4.39 Å². The molecular weight excluding hydrogens is 205 g/mol. The molecule has 0 radical (unpaired) electrons. The van der Waals surface area contributed by atoms with Gasteiger partial charge in [0.05, 0.1) is 0 Å². The summed E-state index contributed by atoms with van der Waals surface area (Å²) < 4.78 is 13.3. The van der Waals surface area contributed by atoms with Crippen molar-refractivity contribution >= 4 is 5.84 Å². The molecule has 0 atom stereocenters. The van der Waals surface area contributed by atoms with E-state index < -0.39 is 0 Å². The summed E-state index contributed by atoms with van der Waals surface area (Å²) in [7, 11) is 1.98. The van der Waals surface area contributed by atoms with Crippen LogP contribution in [-0.4, -0.2) is 23.8 Å². The molecule has 0 aliphatic carbocycles. The first-order valence-electron chi connectivity index (χ1n) is 5.24. The second-order valence-corrected chi connectivity index (χ2v) is 4.27. The number of hydrogen-bond donors (Lipinski definition) is 2. The van der Waals surface area contributed by atoms with Crippen molar-refractivity contribution in [1.82, 2.24) is 4.90 Å². The highest BCUT2D eigenvalue weighted by molar-refractivity contribution is 5.95. The molecule has 0 aromatic heterocycles. The molecule has 0 aliphatic rings. The molecule has 1 rings (SSSR count). The lowest BCUT2D eigenvalue weighted by atomic mass is 10.1. The third kappa shape index (κ3) is 3.31. The van der Waals surface area contributed by atoms with Gasteiger partial charge in [-0.1, -0.05) is 0 Å². The van der Waals surface area contributed by atoms with Crippen LogP contribution in [0.4, 0.5) is 4.39 Å². The number of nitrogens with zero attached hydrogens (tertiary/aromatic N) is 1. The van der Waals surface area contributed by atoms with E-state index in [2.05, 4.69) is 18.7 Å². The van der Waals surface area contributed by atoms with Crippen molar-refractivity contribution in [2.45, 2.75) is 26.4 Å². The predicted octanol–water partition coefficient (Wildman–Crippen LogP) is 1.95. The van der Waals surface area contributed by atoms with E-state index in [1.165, 1.54) is 12.1 Å². The van der Waals surface area contributed by atoms with Gasteiger partial charge in [-0.3, -0.25) is 10.3 Å². The molecule has 1 aromatic rings. The molecule has 16 heavy (non-hydrogen) atoms. The summed E-state index contributed by atoms with van der Waals surface area (Å²) in [5, 5.41) is 7.29. The fraction of sp³-hybridized carbons (Fsp3) is 0.417. The summed E-state index contributed by atoms with van der Waals surface area (Å²) in [5.41, 5.74) is 6.62. The topological polar surface area (TPSA) is 53.1 Å². The van der Waals surface area contributed by atoms with Crippen LogP contribution in [0.2, 0.25) is 0 Å². The molecule has 0 saturated heterocycles. The number of hydrogen-bond acceptors (Lipinski definition) is 2. The van der Waals surface area contributed by atoms with Gasteiger partial charge in [-0.2, -0.15) is 0 Å². The molecule has 0 heterocycles. The first-order valence-corrected chi connectivity index (χ1v) is 5.24. The highest BCUT2D eigenvalue weighted by atomic mass is 19.1. The van der Waals surface area contributed by atoms with Gasteiger partial charge in [-0.15, -0.1) is 0 Å². The second kappa shape index (κ2) is 5.07. The quantitative estimate of drug-likeness (QED) is 0.605. The molecule has 0 amide bonds. The van der Waals surface area contributed by atoms with Gasteiger partial charge in [0.25, 0.3) is 0 Å². The number of amidine groups is 1. The van der Waals surface area contributed by atoms with Gasteiger partial charge in [0.1, 0.15) is 11.7 Å². The van der Waals surface area contributed by atoms with Crippen molar-refractivity contribution in [1.29, 1.82) is 5.41 Å². The predicted molar refractivity (Wildman–Crippen MR) is 64.0 cm³/mol. The maximum Gasteiger partial charge on any atom is 0.124 e. The van der Waals surface area contributed by atoms with Crippen LogP contribution in [-0.2, 0) is 6.54 Å². The van der Waals surface area contributed by atoms with E-state index in [1.54, 1.807) is 6.07 Å². The first kappa shape index (κ1) is 12.6. The van der Waals surface area contributed by atoms with Crippen LogP contribution in [0.15, 0.2) is 18.2 Å². The Kier molecular flexibility index (Phi) is 4.01. The van der Waals surface area contributed by atoms with Crippen LogP contribution < -0.4 is 5.73 Å². The van der Waals surface area contributed by atoms with Crippen LogP contribution >= 0.6 is 0 Å². The molecule has 0 aliphatic heterocycles. The maximum absolute atomic E-state index is 13.3. The Bertz CT molecular complexity index is 388. The zero-order valence-electron chi connectivity index (χ0n) is 9.92. The largest absolute Gasteiger partial charge is 0.384 e. The van der Waals surface area contributed by atoms with Crippen molar-refractivity contribution in [2.24, 2.45) is 5.73 Å². The SMILES string of the molecule is CC(C)N(C)Cc1cc(F)cc(C(=N)N)c1. The monoisotopic (exact) mass is 223 g/mol. The summed E-state index contributed by atoms with van der Waals surface area (Å²) in [5.74, 6) is -0.451. The minimum Gasteiger partial charge on any atom is -0.384 e. The smallest absolute Gasteiger partial charge is 0.124 e. The zero-order valence-corrected chi connectivity index (χ0v) is 9.92. The highest BCUT2D eigenvalue weighted by Gasteiger charge is 2.07. The third-order valence-electron chi connectivity index (χ3n) is 2.58. The molecule has 0 unspecified atom stereocenters. The van der Waals surface area contributed by atoms with E-state index in [4.69, 9.17) is 11.1 Å². The summed E-state index contributed by atoms with van der Waals surface area (Å²) >= 11 is 0. The molecule has 3 N–H and O–H groups in total. The maximum atomic E-state index is 13.3. The first-order chi connectivity index (χ1) is 7.40. The standard InChI is InChI=1S/C12H18FN3/c1-8(2)16(3)7-9-4-10(12(14)15)6-11(13)5-9/h4-6,8H,7H2,1-3H3,(H3,14,15). The molecule has 3 nitrogen and oxygen atoms in total. The van der Waals surface area contributed by atoms with Crippen LogP contribution in [0.25, 0.3) is 0 Å². The third-order valence-corrected chi connectivity index (χ3v) is 2.58. The summed E-state index contributed by atoms with van der Waals surface area (Å²) in [6.45, 7) is 4.80. The summed E-state index contributed by atoms with van der Waals surface area (Å²) in [6.07, 6.45) is 0. The van der Waals surface area contributed by atoms with Crippen LogP contribution in [0.1, 0.15) is 25.0 Å². The van der Waals surface area contributed by atoms with Gasteiger partial charge in [-0.05, 0) is 44.7 Å². The Labute approximate surface area is 95.6 Å². The molecular formula is C12H18FN3. The summed E-state index contributed by atoms with van der Waals surface area (Å²) in [6, 6.07) is 4.90. The van der Waals surface area contributed by atoms with Gasteiger partial charge < -0.3 is 5.73 Å². The van der Waals surface area contributed by atoms with Crippen molar-refractivity contribution in [3.05, 3.63) is 35.1 Å². The van der Waals surface area contributed by atoms with E-state index in [0.717, 1.165) is 5.56 Å². The number of halogens is 1.